The molecule has 0 aliphatic rings. The lowest BCUT2D eigenvalue weighted by atomic mass is 9.92. The zero-order chi connectivity index (χ0) is 33.6. The van der Waals surface area contributed by atoms with E-state index in [0.717, 1.165) is 0 Å². The normalized spacial score (nSPS) is 11.8. The van der Waals surface area contributed by atoms with Crippen LogP contribution in [-0.4, -0.2) is 0 Å². The molecule has 3 aromatic carbocycles. The maximum Gasteiger partial charge on any atom is 0.0437 e. The van der Waals surface area contributed by atoms with Crippen molar-refractivity contribution in [1.82, 2.24) is 0 Å². The second-order valence-corrected chi connectivity index (χ2v) is 16.6. The Morgan fingerprint density at radius 3 is 1.04 bits per heavy atom. The van der Waals surface area contributed by atoms with Crippen molar-refractivity contribution in [3.8, 4) is 22.3 Å². The lowest BCUT2D eigenvalue weighted by Gasteiger charge is -2.13. The Morgan fingerprint density at radius 1 is 0.375 bits per heavy atom. The average Bonchev–Trinajstić information content (AvgIpc) is 3.73. The molecular formula is C46H62S2. The van der Waals surface area contributed by atoms with Gasteiger partial charge in [-0.05, 0) is 85.8 Å². The van der Waals surface area contributed by atoms with Crippen molar-refractivity contribution in [3.63, 3.8) is 0 Å². The highest BCUT2D eigenvalue weighted by Gasteiger charge is 2.22. The molecule has 0 atom stereocenters. The summed E-state index contributed by atoms with van der Waals surface area (Å²) >= 11 is 4.16. The molecule has 0 N–H and O–H groups in total. The maximum atomic E-state index is 2.59. The minimum Gasteiger partial charge on any atom is -0.140 e. The van der Waals surface area contributed by atoms with Crippen LogP contribution >= 0.6 is 22.7 Å². The summed E-state index contributed by atoms with van der Waals surface area (Å²) in [7, 11) is 0. The number of aryl methyl sites for hydroxylation is 4. The fourth-order valence-electron chi connectivity index (χ4n) is 7.33. The van der Waals surface area contributed by atoms with E-state index in [2.05, 4.69) is 111 Å². The Balaban J connectivity index is 1.60. The molecule has 0 amide bonds. The van der Waals surface area contributed by atoms with E-state index in [9.17, 15) is 0 Å². The van der Waals surface area contributed by atoms with Crippen LogP contribution in [0.4, 0.5) is 0 Å². The number of unbranched alkanes of at least 4 members (excludes halogenated alkanes) is 12. The van der Waals surface area contributed by atoms with E-state index in [1.54, 1.807) is 9.75 Å². The highest BCUT2D eigenvalue weighted by atomic mass is 32.1. The van der Waals surface area contributed by atoms with Gasteiger partial charge in [0, 0.05) is 41.1 Å². The molecule has 0 bridgehead atoms. The molecule has 5 aromatic rings. The van der Waals surface area contributed by atoms with Gasteiger partial charge in [0.25, 0.3) is 0 Å². The summed E-state index contributed by atoms with van der Waals surface area (Å²) < 4.78 is 3.00. The van der Waals surface area contributed by atoms with Crippen LogP contribution in [0.1, 0.15) is 151 Å². The largest absolute Gasteiger partial charge is 0.140 e. The Hall–Kier alpha value is -2.42. The van der Waals surface area contributed by atoms with Crippen LogP contribution in [-0.2, 0) is 25.7 Å². The summed E-state index contributed by atoms with van der Waals surface area (Å²) in [5.41, 5.74) is 8.72. The predicted molar refractivity (Wildman–Crippen MR) is 219 cm³/mol. The molecule has 0 spiro atoms. The molecule has 0 unspecified atom stereocenters. The van der Waals surface area contributed by atoms with Gasteiger partial charge in [-0.25, -0.2) is 0 Å². The van der Waals surface area contributed by atoms with Gasteiger partial charge in [0.15, 0.2) is 0 Å². The molecule has 2 aromatic heterocycles. The van der Waals surface area contributed by atoms with Gasteiger partial charge in [0.05, 0.1) is 0 Å². The zero-order valence-corrected chi connectivity index (χ0v) is 32.4. The monoisotopic (exact) mass is 678 g/mol. The second-order valence-electron chi connectivity index (χ2n) is 14.3. The van der Waals surface area contributed by atoms with E-state index < -0.39 is 0 Å². The first-order chi connectivity index (χ1) is 23.7. The maximum absolute atomic E-state index is 2.59. The SMILES string of the molecule is CCCCCCc1ccc(-c2c3cc(CCCCCC)sc3c(-c3ccc(CCCCCC)cc3)c3cc(CCCCCC)sc23)cc1. The lowest BCUT2D eigenvalue weighted by Crippen LogP contribution is -1.89. The second kappa shape index (κ2) is 19.7. The van der Waals surface area contributed by atoms with Crippen LogP contribution in [0, 0.1) is 0 Å². The third-order valence-electron chi connectivity index (χ3n) is 10.2. The number of rotatable bonds is 22. The number of hydrogen-bond donors (Lipinski definition) is 0. The molecule has 0 radical (unpaired) electrons. The van der Waals surface area contributed by atoms with Crippen molar-refractivity contribution in [2.24, 2.45) is 0 Å². The van der Waals surface area contributed by atoms with Gasteiger partial charge in [-0.2, -0.15) is 0 Å². The molecule has 0 aliphatic heterocycles. The molecule has 2 heteroatoms. The van der Waals surface area contributed by atoms with Crippen LogP contribution in [0.15, 0.2) is 60.7 Å². The van der Waals surface area contributed by atoms with E-state index in [1.807, 2.05) is 0 Å². The van der Waals surface area contributed by atoms with Gasteiger partial charge < -0.3 is 0 Å². The third kappa shape index (κ3) is 9.85. The summed E-state index contributed by atoms with van der Waals surface area (Å²) in [4.78, 5) is 3.11. The third-order valence-corrected chi connectivity index (χ3v) is 12.7. The topological polar surface area (TPSA) is 0 Å². The standard InChI is InChI=1S/C46H62S2/c1-5-9-13-17-21-35-25-29-37(30-26-35)43-41-33-39(23-19-15-11-7-3)48-46(41)44(38-31-27-36(28-32-38)22-18-14-10-6-2)42-34-40(47-45(42)43)24-20-16-12-8-4/h25-34H,5-24H2,1-4H3. The van der Waals surface area contributed by atoms with Crippen molar-refractivity contribution in [2.75, 3.05) is 0 Å². The average molecular weight is 679 g/mol. The van der Waals surface area contributed by atoms with Gasteiger partial charge in [0.2, 0.25) is 0 Å². The van der Waals surface area contributed by atoms with Gasteiger partial charge in [-0.1, -0.05) is 153 Å². The van der Waals surface area contributed by atoms with Gasteiger partial charge in [-0.3, -0.25) is 0 Å². The van der Waals surface area contributed by atoms with Gasteiger partial charge in [0.1, 0.15) is 0 Å². The zero-order valence-electron chi connectivity index (χ0n) is 30.7. The first-order valence-corrected chi connectivity index (χ1v) is 21.5. The Kier molecular flexibility index (Phi) is 15.1. The van der Waals surface area contributed by atoms with Crippen molar-refractivity contribution in [3.05, 3.63) is 81.5 Å². The summed E-state index contributed by atoms with van der Waals surface area (Å²) in [5, 5.41) is 2.96. The highest BCUT2D eigenvalue weighted by molar-refractivity contribution is 7.22. The van der Waals surface area contributed by atoms with E-state index in [1.165, 1.54) is 182 Å². The van der Waals surface area contributed by atoms with Gasteiger partial charge >= 0.3 is 0 Å². The Labute approximate surface area is 301 Å². The minimum atomic E-state index is 1.19. The van der Waals surface area contributed by atoms with Crippen LogP contribution in [0.5, 0.6) is 0 Å². The van der Waals surface area contributed by atoms with Crippen molar-refractivity contribution < 1.29 is 0 Å². The molecule has 0 saturated heterocycles. The van der Waals surface area contributed by atoms with Crippen molar-refractivity contribution >= 4 is 42.8 Å². The van der Waals surface area contributed by atoms with Crippen LogP contribution < -0.4 is 0 Å². The smallest absolute Gasteiger partial charge is 0.0437 e. The number of thiophene rings is 2. The molecule has 48 heavy (non-hydrogen) atoms. The first kappa shape index (κ1) is 36.9. The summed E-state index contributed by atoms with van der Waals surface area (Å²) in [6, 6.07) is 24.6. The quantitative estimate of drug-likeness (QED) is 0.0639. The van der Waals surface area contributed by atoms with Crippen LogP contribution in [0.25, 0.3) is 42.4 Å². The van der Waals surface area contributed by atoms with Crippen molar-refractivity contribution in [2.45, 2.75) is 156 Å². The molecule has 0 saturated carbocycles. The molecule has 2 heterocycles. The fraction of sp³-hybridized carbons (Fsp3) is 0.522. The predicted octanol–water partition coefficient (Wildman–Crippen LogP) is 15.9. The summed E-state index contributed by atoms with van der Waals surface area (Å²) in [5.74, 6) is 0. The van der Waals surface area contributed by atoms with Crippen molar-refractivity contribution in [1.29, 1.82) is 0 Å². The van der Waals surface area contributed by atoms with E-state index in [-0.39, 0.29) is 0 Å². The lowest BCUT2D eigenvalue weighted by molar-refractivity contribution is 0.667. The molecule has 5 rings (SSSR count). The number of benzene rings is 3. The number of hydrogen-bond acceptors (Lipinski definition) is 2. The summed E-state index contributed by atoms with van der Waals surface area (Å²) in [6.07, 6.45) is 25.9. The highest BCUT2D eigenvalue weighted by Crippen LogP contribution is 2.50. The van der Waals surface area contributed by atoms with Crippen LogP contribution in [0.2, 0.25) is 0 Å². The van der Waals surface area contributed by atoms with Crippen LogP contribution in [0.3, 0.4) is 0 Å². The molecule has 0 fully saturated rings. The Morgan fingerprint density at radius 2 is 0.708 bits per heavy atom. The molecule has 0 nitrogen and oxygen atoms in total. The molecule has 258 valence electrons. The minimum absolute atomic E-state index is 1.19. The molecule has 0 aliphatic carbocycles. The van der Waals surface area contributed by atoms with E-state index in [0.29, 0.717) is 0 Å². The van der Waals surface area contributed by atoms with E-state index in [4.69, 9.17) is 0 Å². The van der Waals surface area contributed by atoms with E-state index >= 15 is 0 Å². The first-order valence-electron chi connectivity index (χ1n) is 19.9. The van der Waals surface area contributed by atoms with Gasteiger partial charge in [-0.15, -0.1) is 22.7 Å². The summed E-state index contributed by atoms with van der Waals surface area (Å²) in [6.45, 7) is 9.23. The fourth-order valence-corrected chi connectivity index (χ4v) is 9.90. The molecular weight excluding hydrogens is 617 g/mol. The number of fused-ring (bicyclic) bond motifs is 2. The Bertz CT molecular complexity index is 1470.